The van der Waals surface area contributed by atoms with Crippen LogP contribution in [0.3, 0.4) is 0 Å². The van der Waals surface area contributed by atoms with Crippen LogP contribution in [-0.4, -0.2) is 14.5 Å². The Balaban J connectivity index is 1.35. The maximum absolute atomic E-state index is 5.43. The number of benzene rings is 8. The molecule has 0 aliphatic carbocycles. The van der Waals surface area contributed by atoms with Gasteiger partial charge in [0.2, 0.25) is 5.95 Å². The molecule has 45 heavy (non-hydrogen) atoms. The van der Waals surface area contributed by atoms with E-state index in [4.69, 9.17) is 9.97 Å². The van der Waals surface area contributed by atoms with Crippen molar-refractivity contribution in [3.05, 3.63) is 152 Å². The molecule has 10 aromatic rings. The molecule has 0 aliphatic rings. The molecule has 0 N–H and O–H groups in total. The molecule has 0 unspecified atom stereocenters. The molecule has 0 saturated heterocycles. The topological polar surface area (TPSA) is 30.7 Å². The number of para-hydroxylation sites is 2. The zero-order chi connectivity index (χ0) is 29.5. The average Bonchev–Trinajstić information content (AvgIpc) is 3.45. The van der Waals surface area contributed by atoms with Gasteiger partial charge in [0.25, 0.3) is 0 Å². The molecule has 2 aromatic heterocycles. The van der Waals surface area contributed by atoms with Crippen molar-refractivity contribution in [3.63, 3.8) is 0 Å². The Bertz CT molecular complexity index is 2820. The first kappa shape index (κ1) is 24.4. The summed E-state index contributed by atoms with van der Waals surface area (Å²) < 4.78 is 2.28. The van der Waals surface area contributed by atoms with Crippen LogP contribution in [0.2, 0.25) is 0 Å². The fourth-order valence-corrected chi connectivity index (χ4v) is 7.37. The monoisotopic (exact) mass is 571 g/mol. The van der Waals surface area contributed by atoms with Gasteiger partial charge in [0, 0.05) is 27.1 Å². The van der Waals surface area contributed by atoms with E-state index in [0.29, 0.717) is 5.95 Å². The number of hydrogen-bond donors (Lipinski definition) is 0. The summed E-state index contributed by atoms with van der Waals surface area (Å²) in [7, 11) is 0. The summed E-state index contributed by atoms with van der Waals surface area (Å²) in [6.45, 7) is 0. The van der Waals surface area contributed by atoms with Crippen LogP contribution in [0.4, 0.5) is 0 Å². The Kier molecular flexibility index (Phi) is 5.00. The maximum Gasteiger partial charge on any atom is 0.235 e. The smallest absolute Gasteiger partial charge is 0.235 e. The Morgan fingerprint density at radius 1 is 0.356 bits per heavy atom. The van der Waals surface area contributed by atoms with E-state index in [1.165, 1.54) is 53.9 Å². The van der Waals surface area contributed by atoms with Gasteiger partial charge in [-0.05, 0) is 49.8 Å². The van der Waals surface area contributed by atoms with E-state index in [0.717, 1.165) is 33.2 Å². The summed E-state index contributed by atoms with van der Waals surface area (Å²) in [5.74, 6) is 0.675. The van der Waals surface area contributed by atoms with E-state index in [9.17, 15) is 0 Å². The van der Waals surface area contributed by atoms with Crippen molar-refractivity contribution in [2.45, 2.75) is 0 Å². The molecular formula is C42H25N3. The fraction of sp³-hybridized carbons (Fsp3) is 0. The SMILES string of the molecule is c1ccc2c(-c3nc(-n4c5ccccc5c5ccc6c7ccc8ccccc8c7ccc6c54)nc4ccccc34)cccc2c1. The van der Waals surface area contributed by atoms with Crippen LogP contribution in [0.1, 0.15) is 0 Å². The number of hydrogen-bond acceptors (Lipinski definition) is 2. The molecule has 0 aliphatic heterocycles. The van der Waals surface area contributed by atoms with Crippen molar-refractivity contribution >= 4 is 75.8 Å². The third-order valence-corrected chi connectivity index (χ3v) is 9.39. The van der Waals surface area contributed by atoms with Crippen LogP contribution < -0.4 is 0 Å². The van der Waals surface area contributed by atoms with Gasteiger partial charge in [-0.1, -0.05) is 140 Å². The lowest BCUT2D eigenvalue weighted by molar-refractivity contribution is 1.02. The van der Waals surface area contributed by atoms with Crippen LogP contribution in [0, 0.1) is 0 Å². The van der Waals surface area contributed by atoms with Crippen LogP contribution >= 0.6 is 0 Å². The minimum Gasteiger partial charge on any atom is -0.277 e. The molecule has 0 spiro atoms. The molecular weight excluding hydrogens is 546 g/mol. The highest BCUT2D eigenvalue weighted by Gasteiger charge is 2.20. The van der Waals surface area contributed by atoms with Crippen LogP contribution in [-0.2, 0) is 0 Å². The Morgan fingerprint density at radius 2 is 0.911 bits per heavy atom. The second-order valence-electron chi connectivity index (χ2n) is 11.8. The van der Waals surface area contributed by atoms with Crippen LogP contribution in [0.25, 0.3) is 93.0 Å². The van der Waals surface area contributed by atoms with Gasteiger partial charge < -0.3 is 0 Å². The van der Waals surface area contributed by atoms with Gasteiger partial charge in [-0.3, -0.25) is 4.57 Å². The highest BCUT2D eigenvalue weighted by Crippen LogP contribution is 2.40. The summed E-state index contributed by atoms with van der Waals surface area (Å²) in [5.41, 5.74) is 5.20. The van der Waals surface area contributed by atoms with Gasteiger partial charge in [-0.15, -0.1) is 0 Å². The first-order valence-electron chi connectivity index (χ1n) is 15.4. The molecule has 0 bridgehead atoms. The van der Waals surface area contributed by atoms with E-state index < -0.39 is 0 Å². The molecule has 0 fully saturated rings. The Hall–Kier alpha value is -6.06. The minimum absolute atomic E-state index is 0.675. The first-order chi connectivity index (χ1) is 22.3. The molecule has 8 aromatic carbocycles. The summed E-state index contributed by atoms with van der Waals surface area (Å²) in [6, 6.07) is 54.2. The summed E-state index contributed by atoms with van der Waals surface area (Å²) >= 11 is 0. The molecule has 3 nitrogen and oxygen atoms in total. The summed E-state index contributed by atoms with van der Waals surface area (Å²) in [6.07, 6.45) is 0. The number of aromatic nitrogens is 3. The van der Waals surface area contributed by atoms with Crippen molar-refractivity contribution in [1.29, 1.82) is 0 Å². The van der Waals surface area contributed by atoms with Gasteiger partial charge >= 0.3 is 0 Å². The lowest BCUT2D eigenvalue weighted by Gasteiger charge is -2.14. The van der Waals surface area contributed by atoms with Gasteiger partial charge in [0.1, 0.15) is 0 Å². The highest BCUT2D eigenvalue weighted by atomic mass is 15.2. The molecule has 0 radical (unpaired) electrons. The highest BCUT2D eigenvalue weighted by molar-refractivity contribution is 6.25. The van der Waals surface area contributed by atoms with Gasteiger partial charge in [0.15, 0.2) is 0 Å². The molecule has 2 heterocycles. The zero-order valence-corrected chi connectivity index (χ0v) is 24.3. The van der Waals surface area contributed by atoms with Crippen molar-refractivity contribution < 1.29 is 0 Å². The third-order valence-electron chi connectivity index (χ3n) is 9.39. The average molecular weight is 572 g/mol. The largest absolute Gasteiger partial charge is 0.277 e. The van der Waals surface area contributed by atoms with E-state index in [-0.39, 0.29) is 0 Å². The lowest BCUT2D eigenvalue weighted by Crippen LogP contribution is -2.04. The number of fused-ring (bicyclic) bond motifs is 11. The summed E-state index contributed by atoms with van der Waals surface area (Å²) in [4.78, 5) is 10.7. The quantitative estimate of drug-likeness (QED) is 0.193. The standard InChI is InChI=1S/C42H25N3/c1-4-14-29-26(10-1)12-9-17-34(29)40-37-16-5-7-18-38(37)43-42(44-40)45-39-19-8-6-15-33(39)36-25-23-32-31-21-20-27-11-2-3-13-28(27)30(31)22-24-35(32)41(36)45/h1-25H. The summed E-state index contributed by atoms with van der Waals surface area (Å²) in [5, 5.41) is 13.3. The maximum atomic E-state index is 5.43. The molecule has 0 atom stereocenters. The van der Waals surface area contributed by atoms with Crippen molar-refractivity contribution in [1.82, 2.24) is 14.5 Å². The lowest BCUT2D eigenvalue weighted by atomic mass is 9.96. The predicted molar refractivity (Wildman–Crippen MR) is 189 cm³/mol. The fourth-order valence-electron chi connectivity index (χ4n) is 7.37. The zero-order valence-electron chi connectivity index (χ0n) is 24.3. The molecule has 10 rings (SSSR count). The van der Waals surface area contributed by atoms with Crippen LogP contribution in [0.5, 0.6) is 0 Å². The number of rotatable bonds is 2. The predicted octanol–water partition coefficient (Wildman–Crippen LogP) is 11.0. The van der Waals surface area contributed by atoms with Gasteiger partial charge in [0.05, 0.1) is 22.2 Å². The molecule has 0 saturated carbocycles. The van der Waals surface area contributed by atoms with E-state index in [1.807, 2.05) is 0 Å². The van der Waals surface area contributed by atoms with E-state index in [1.54, 1.807) is 0 Å². The van der Waals surface area contributed by atoms with Crippen LogP contribution in [0.15, 0.2) is 152 Å². The van der Waals surface area contributed by atoms with E-state index >= 15 is 0 Å². The minimum atomic E-state index is 0.675. The molecule has 3 heteroatoms. The van der Waals surface area contributed by atoms with Gasteiger partial charge in [-0.2, -0.15) is 0 Å². The van der Waals surface area contributed by atoms with Gasteiger partial charge in [-0.25, -0.2) is 9.97 Å². The first-order valence-corrected chi connectivity index (χ1v) is 15.4. The van der Waals surface area contributed by atoms with Crippen molar-refractivity contribution in [3.8, 4) is 17.2 Å². The molecule has 0 amide bonds. The molecule has 208 valence electrons. The Morgan fingerprint density at radius 3 is 1.76 bits per heavy atom. The number of nitrogens with zero attached hydrogens (tertiary/aromatic N) is 3. The van der Waals surface area contributed by atoms with E-state index in [2.05, 4.69) is 156 Å². The third kappa shape index (κ3) is 3.46. The Labute approximate surface area is 258 Å². The second kappa shape index (κ2) is 9.22. The normalized spacial score (nSPS) is 12.0. The van der Waals surface area contributed by atoms with Crippen molar-refractivity contribution in [2.75, 3.05) is 0 Å². The van der Waals surface area contributed by atoms with Crippen molar-refractivity contribution in [2.24, 2.45) is 0 Å². The second-order valence-corrected chi connectivity index (χ2v) is 11.8.